The molecule has 1 unspecified atom stereocenters. The molecule has 1 aromatic carbocycles. The molecule has 2 fully saturated rings. The predicted octanol–water partition coefficient (Wildman–Crippen LogP) is 1.14. The first kappa shape index (κ1) is 13.4. The highest BCUT2D eigenvalue weighted by molar-refractivity contribution is 5.79. The number of aryl methyl sites for hydroxylation is 1. The topological polar surface area (TPSA) is 76.1 Å². The number of aliphatic carboxylic acids is 1. The highest BCUT2D eigenvalue weighted by Gasteiger charge is 2.60. The second-order valence-electron chi connectivity index (χ2n) is 6.18. The zero-order chi connectivity index (χ0) is 15.3. The van der Waals surface area contributed by atoms with Crippen molar-refractivity contribution in [3.63, 3.8) is 0 Å². The third kappa shape index (κ3) is 2.19. The quantitative estimate of drug-likeness (QED) is 0.902. The zero-order valence-electron chi connectivity index (χ0n) is 12.0. The molecule has 1 N–H and O–H groups in total. The molecule has 1 saturated heterocycles. The maximum Gasteiger partial charge on any atom is 0.307 e. The van der Waals surface area contributed by atoms with Gasteiger partial charge in [0.05, 0.1) is 5.92 Å². The maximum atomic E-state index is 12.2. The van der Waals surface area contributed by atoms with Crippen LogP contribution in [-0.4, -0.2) is 41.8 Å². The number of carbonyl (C=O) groups is 2. The molecule has 3 atom stereocenters. The molecule has 6 nitrogen and oxygen atoms in total. The first-order chi connectivity index (χ1) is 10.6. The standard InChI is InChI=1S/C16H17NO5/c18-14(17-6-10-11(7-17)15(10)16(19)20)4-2-9-1-3-12-13(5-9)22-8-21-12/h1,3,5,10-11,15H,2,4,6-8H2,(H,19,20)/t10-,11+,15?. The van der Waals surface area contributed by atoms with Crippen molar-refractivity contribution < 1.29 is 24.2 Å². The Hall–Kier alpha value is -2.24. The van der Waals surface area contributed by atoms with Gasteiger partial charge in [-0.2, -0.15) is 0 Å². The van der Waals surface area contributed by atoms with Crippen molar-refractivity contribution in [1.82, 2.24) is 4.90 Å². The molecule has 3 aliphatic rings. The van der Waals surface area contributed by atoms with Gasteiger partial charge in [-0.1, -0.05) is 6.07 Å². The van der Waals surface area contributed by atoms with Gasteiger partial charge in [-0.25, -0.2) is 0 Å². The highest BCUT2D eigenvalue weighted by Crippen LogP contribution is 2.51. The number of likely N-dealkylation sites (tertiary alicyclic amines) is 1. The lowest BCUT2D eigenvalue weighted by atomic mass is 10.1. The van der Waals surface area contributed by atoms with E-state index in [4.69, 9.17) is 14.6 Å². The van der Waals surface area contributed by atoms with Gasteiger partial charge in [0.1, 0.15) is 0 Å². The van der Waals surface area contributed by atoms with E-state index in [1.807, 2.05) is 23.1 Å². The van der Waals surface area contributed by atoms with Gasteiger partial charge in [-0.05, 0) is 36.0 Å². The summed E-state index contributed by atoms with van der Waals surface area (Å²) < 4.78 is 10.6. The molecule has 22 heavy (non-hydrogen) atoms. The van der Waals surface area contributed by atoms with E-state index in [-0.39, 0.29) is 30.5 Å². The van der Waals surface area contributed by atoms with Gasteiger partial charge >= 0.3 is 5.97 Å². The van der Waals surface area contributed by atoms with Crippen molar-refractivity contribution in [3.05, 3.63) is 23.8 Å². The Morgan fingerprint density at radius 1 is 1.18 bits per heavy atom. The van der Waals surface area contributed by atoms with Crippen LogP contribution in [0, 0.1) is 17.8 Å². The molecule has 0 aromatic heterocycles. The van der Waals surface area contributed by atoms with E-state index in [1.165, 1.54) is 0 Å². The number of piperidine rings is 1. The predicted molar refractivity (Wildman–Crippen MR) is 75.6 cm³/mol. The van der Waals surface area contributed by atoms with Crippen LogP contribution in [0.25, 0.3) is 0 Å². The van der Waals surface area contributed by atoms with Gasteiger partial charge in [-0.15, -0.1) is 0 Å². The van der Waals surface area contributed by atoms with E-state index in [0.717, 1.165) is 17.1 Å². The Balaban J connectivity index is 1.30. The minimum atomic E-state index is -0.720. The minimum absolute atomic E-state index is 0.106. The van der Waals surface area contributed by atoms with Crippen molar-refractivity contribution >= 4 is 11.9 Å². The molecule has 1 aromatic rings. The van der Waals surface area contributed by atoms with E-state index in [0.29, 0.717) is 25.9 Å². The van der Waals surface area contributed by atoms with Crippen LogP contribution in [0.4, 0.5) is 0 Å². The molecule has 116 valence electrons. The van der Waals surface area contributed by atoms with Gasteiger partial charge in [-0.3, -0.25) is 9.59 Å². The third-order valence-electron chi connectivity index (χ3n) is 4.90. The summed E-state index contributed by atoms with van der Waals surface area (Å²) in [5.41, 5.74) is 1.05. The van der Waals surface area contributed by atoms with Gasteiger partial charge in [0, 0.05) is 19.5 Å². The Morgan fingerprint density at radius 3 is 2.64 bits per heavy atom. The average molecular weight is 303 g/mol. The van der Waals surface area contributed by atoms with Crippen LogP contribution < -0.4 is 9.47 Å². The average Bonchev–Trinajstić information content (AvgIpc) is 2.89. The van der Waals surface area contributed by atoms with Gasteiger partial charge in [0.2, 0.25) is 12.7 Å². The number of nitrogens with zero attached hydrogens (tertiary/aromatic N) is 1. The van der Waals surface area contributed by atoms with E-state index in [1.54, 1.807) is 0 Å². The smallest absolute Gasteiger partial charge is 0.307 e. The van der Waals surface area contributed by atoms with Crippen molar-refractivity contribution in [2.24, 2.45) is 17.8 Å². The zero-order valence-corrected chi connectivity index (χ0v) is 12.0. The summed E-state index contributed by atoms with van der Waals surface area (Å²) in [6.07, 6.45) is 1.10. The fourth-order valence-electron chi connectivity index (χ4n) is 3.60. The van der Waals surface area contributed by atoms with Crippen molar-refractivity contribution in [2.75, 3.05) is 19.9 Å². The molecule has 2 aliphatic heterocycles. The lowest BCUT2D eigenvalue weighted by Gasteiger charge is -2.19. The molecule has 0 radical (unpaired) electrons. The van der Waals surface area contributed by atoms with Gasteiger partial charge < -0.3 is 19.5 Å². The number of fused-ring (bicyclic) bond motifs is 2. The van der Waals surface area contributed by atoms with Crippen LogP contribution in [0.2, 0.25) is 0 Å². The molecule has 2 heterocycles. The third-order valence-corrected chi connectivity index (χ3v) is 4.90. The number of benzene rings is 1. The minimum Gasteiger partial charge on any atom is -0.481 e. The number of carboxylic acids is 1. The summed E-state index contributed by atoms with van der Waals surface area (Å²) >= 11 is 0. The Kier molecular flexibility index (Phi) is 2.99. The summed E-state index contributed by atoms with van der Waals surface area (Å²) in [4.78, 5) is 25.0. The second-order valence-corrected chi connectivity index (χ2v) is 6.18. The first-order valence-corrected chi connectivity index (χ1v) is 7.52. The normalized spacial score (nSPS) is 27.6. The molecule has 4 rings (SSSR count). The Bertz CT molecular complexity index is 631. The first-order valence-electron chi connectivity index (χ1n) is 7.52. The summed E-state index contributed by atoms with van der Waals surface area (Å²) in [5.74, 6) is 0.986. The Morgan fingerprint density at radius 2 is 1.91 bits per heavy atom. The Labute approximate surface area is 127 Å². The summed E-state index contributed by atoms with van der Waals surface area (Å²) in [6, 6.07) is 5.73. The number of ether oxygens (including phenoxy) is 2. The van der Waals surface area contributed by atoms with Crippen LogP contribution in [0.5, 0.6) is 11.5 Å². The van der Waals surface area contributed by atoms with Crippen LogP contribution in [0.3, 0.4) is 0 Å². The monoisotopic (exact) mass is 303 g/mol. The number of amides is 1. The van der Waals surface area contributed by atoms with Crippen molar-refractivity contribution in [3.8, 4) is 11.5 Å². The molecule has 6 heteroatoms. The molecule has 1 amide bonds. The van der Waals surface area contributed by atoms with E-state index in [9.17, 15) is 9.59 Å². The van der Waals surface area contributed by atoms with Crippen molar-refractivity contribution in [1.29, 1.82) is 0 Å². The summed E-state index contributed by atoms with van der Waals surface area (Å²) in [5, 5.41) is 8.99. The lowest BCUT2D eigenvalue weighted by molar-refractivity contribution is -0.141. The molecular weight excluding hydrogens is 286 g/mol. The van der Waals surface area contributed by atoms with E-state index < -0.39 is 5.97 Å². The highest BCUT2D eigenvalue weighted by atomic mass is 16.7. The van der Waals surface area contributed by atoms with E-state index in [2.05, 4.69) is 0 Å². The fourth-order valence-corrected chi connectivity index (χ4v) is 3.60. The molecule has 0 spiro atoms. The van der Waals surface area contributed by atoms with Gasteiger partial charge in [0.25, 0.3) is 0 Å². The molecule has 1 aliphatic carbocycles. The molecular formula is C16H17NO5. The van der Waals surface area contributed by atoms with Crippen LogP contribution in [-0.2, 0) is 16.0 Å². The van der Waals surface area contributed by atoms with E-state index >= 15 is 0 Å². The molecule has 1 saturated carbocycles. The number of rotatable bonds is 4. The summed E-state index contributed by atoms with van der Waals surface area (Å²) in [6.45, 7) is 1.45. The lowest BCUT2D eigenvalue weighted by Crippen LogP contribution is -2.32. The number of hydrogen-bond donors (Lipinski definition) is 1. The van der Waals surface area contributed by atoms with Gasteiger partial charge in [0.15, 0.2) is 11.5 Å². The van der Waals surface area contributed by atoms with Crippen LogP contribution in [0.15, 0.2) is 18.2 Å². The SMILES string of the molecule is O=C(O)C1[C@H]2CN(C(=O)CCc3ccc4c(c3)OCO4)C[C@@H]12. The van der Waals surface area contributed by atoms with Crippen LogP contribution >= 0.6 is 0 Å². The largest absolute Gasteiger partial charge is 0.481 e. The fraction of sp³-hybridized carbons (Fsp3) is 0.500. The van der Waals surface area contributed by atoms with Crippen LogP contribution in [0.1, 0.15) is 12.0 Å². The number of hydrogen-bond acceptors (Lipinski definition) is 4. The summed E-state index contributed by atoms with van der Waals surface area (Å²) in [7, 11) is 0. The number of carbonyl (C=O) groups excluding carboxylic acids is 1. The second kappa shape index (κ2) is 4.90. The number of carboxylic acid groups (broad SMARTS) is 1. The maximum absolute atomic E-state index is 12.2. The molecule has 0 bridgehead atoms. The van der Waals surface area contributed by atoms with Crippen molar-refractivity contribution in [2.45, 2.75) is 12.8 Å².